The van der Waals surface area contributed by atoms with Gasteiger partial charge in [-0.3, -0.25) is 0 Å². The van der Waals surface area contributed by atoms with Crippen LogP contribution in [0.4, 0.5) is 0 Å². The summed E-state index contributed by atoms with van der Waals surface area (Å²) < 4.78 is 0. The Bertz CT molecular complexity index is 48.2. The largest absolute Gasteiger partial charge is 1.00 e. The van der Waals surface area contributed by atoms with Gasteiger partial charge in [0.05, 0.1) is 0 Å². The number of hydrogen-bond donors (Lipinski definition) is 1. The molecule has 1 N–H and O–H groups in total. The molecule has 0 aliphatic carbocycles. The van der Waals surface area contributed by atoms with E-state index in [1.54, 1.807) is 0 Å². The Morgan fingerprint density at radius 2 is 1.86 bits per heavy atom. The molecule has 0 aromatic carbocycles. The zero-order chi connectivity index (χ0) is 4.28. The van der Waals surface area contributed by atoms with Crippen molar-refractivity contribution in [3.63, 3.8) is 0 Å². The van der Waals surface area contributed by atoms with Crippen LogP contribution in [0.25, 0.3) is 0 Å². The molecule has 5 heteroatoms. The normalized spacial score (nSPS) is 4.86. The summed E-state index contributed by atoms with van der Waals surface area (Å²) in [6.07, 6.45) is 0. The minimum atomic E-state index is -0.690. The van der Waals surface area contributed by atoms with E-state index in [2.05, 4.69) is 4.89 Å². The van der Waals surface area contributed by atoms with Crippen molar-refractivity contribution in [2.24, 2.45) is 0 Å². The number of carbonyl (C=O) groups is 1. The standard InChI is InChI=1S/C2H4O3.BH4.Na/c1-2(3)5-4;;/h4H,1H3;1H4;/q;-1;+1. The zero-order valence-corrected chi connectivity index (χ0v) is 5.76. The van der Waals surface area contributed by atoms with Crippen molar-refractivity contribution in [3.8, 4) is 0 Å². The van der Waals surface area contributed by atoms with Gasteiger partial charge in [0.1, 0.15) is 0 Å². The Kier molecular flexibility index (Phi) is 21.7. The smallest absolute Gasteiger partial charge is 0.301 e. The van der Waals surface area contributed by atoms with Gasteiger partial charge in [0.2, 0.25) is 0 Å². The van der Waals surface area contributed by atoms with E-state index in [0.717, 1.165) is 6.92 Å². The fourth-order valence-electron chi connectivity index (χ4n) is 0. The van der Waals surface area contributed by atoms with Crippen LogP contribution < -0.4 is 29.6 Å². The van der Waals surface area contributed by atoms with Crippen molar-refractivity contribution in [2.75, 3.05) is 0 Å². The molecule has 0 aromatic heterocycles. The second-order valence-electron chi connectivity index (χ2n) is 0.583. The molecular formula is C2H8BNaO3. The maximum atomic E-state index is 9.34. The molecule has 0 atom stereocenters. The van der Waals surface area contributed by atoms with Crippen molar-refractivity contribution in [3.05, 3.63) is 0 Å². The molecule has 0 aliphatic heterocycles. The predicted molar refractivity (Wildman–Crippen MR) is 25.7 cm³/mol. The third-order valence-electron chi connectivity index (χ3n) is 0.129. The number of rotatable bonds is 0. The quantitative estimate of drug-likeness (QED) is 0.196. The van der Waals surface area contributed by atoms with E-state index in [0.29, 0.717) is 0 Å². The Hall–Kier alpha value is 0.495. The first kappa shape index (κ1) is 15.6. The van der Waals surface area contributed by atoms with Gasteiger partial charge in [0, 0.05) is 6.92 Å². The predicted octanol–water partition coefficient (Wildman–Crippen LogP) is -4.43. The molecule has 0 aromatic rings. The van der Waals surface area contributed by atoms with Crippen molar-refractivity contribution >= 4 is 14.4 Å². The summed E-state index contributed by atoms with van der Waals surface area (Å²) in [7, 11) is 0. The summed E-state index contributed by atoms with van der Waals surface area (Å²) in [5.41, 5.74) is 0. The van der Waals surface area contributed by atoms with E-state index in [1.807, 2.05) is 0 Å². The maximum absolute atomic E-state index is 9.34. The van der Waals surface area contributed by atoms with Gasteiger partial charge in [0.15, 0.2) is 0 Å². The first-order valence-electron chi connectivity index (χ1n) is 1.09. The van der Waals surface area contributed by atoms with Gasteiger partial charge in [-0.2, -0.15) is 5.26 Å². The number of carbonyl (C=O) groups excluding carboxylic acids is 1. The Morgan fingerprint density at radius 3 is 1.86 bits per heavy atom. The van der Waals surface area contributed by atoms with E-state index in [1.165, 1.54) is 0 Å². The molecular weight excluding hydrogens is 106 g/mol. The Labute approximate surface area is 65.8 Å². The summed E-state index contributed by atoms with van der Waals surface area (Å²) in [6, 6.07) is 0. The molecule has 0 amide bonds. The molecule has 0 aliphatic rings. The van der Waals surface area contributed by atoms with Crippen LogP contribution in [0.3, 0.4) is 0 Å². The van der Waals surface area contributed by atoms with Crippen LogP contribution in [0.5, 0.6) is 0 Å². The van der Waals surface area contributed by atoms with Gasteiger partial charge < -0.3 is 4.89 Å². The van der Waals surface area contributed by atoms with Gasteiger partial charge in [0.25, 0.3) is 0 Å². The molecule has 0 bridgehead atoms. The molecule has 0 saturated carbocycles. The minimum Gasteiger partial charge on any atom is -0.301 e. The molecule has 0 rings (SSSR count). The van der Waals surface area contributed by atoms with Crippen LogP contribution >= 0.6 is 0 Å². The summed E-state index contributed by atoms with van der Waals surface area (Å²) in [4.78, 5) is 12.5. The molecule has 7 heavy (non-hydrogen) atoms. The fourth-order valence-corrected chi connectivity index (χ4v) is 0. The molecule has 0 fully saturated rings. The van der Waals surface area contributed by atoms with Gasteiger partial charge in [-0.05, 0) is 0 Å². The van der Waals surface area contributed by atoms with Gasteiger partial charge in [-0.1, -0.05) is 8.41 Å². The molecule has 0 spiro atoms. The summed E-state index contributed by atoms with van der Waals surface area (Å²) in [6.45, 7) is 1.11. The van der Waals surface area contributed by atoms with E-state index < -0.39 is 5.97 Å². The summed E-state index contributed by atoms with van der Waals surface area (Å²) in [5, 5.41) is 7.29. The third-order valence-corrected chi connectivity index (χ3v) is 0.129. The topological polar surface area (TPSA) is 46.5 Å². The van der Waals surface area contributed by atoms with E-state index >= 15 is 0 Å². The third kappa shape index (κ3) is 21.1. The zero-order valence-electron chi connectivity index (χ0n) is 3.76. The SMILES string of the molecule is CC(=O)OO.[BH4-].[Na+]. The van der Waals surface area contributed by atoms with Crippen LogP contribution in [0.2, 0.25) is 0 Å². The average molecular weight is 114 g/mol. The Morgan fingerprint density at radius 1 is 1.71 bits per heavy atom. The average Bonchev–Trinajstić information content (AvgIpc) is 1.38. The van der Waals surface area contributed by atoms with E-state index in [-0.39, 0.29) is 38.0 Å². The second-order valence-corrected chi connectivity index (χ2v) is 0.583. The Balaban J connectivity index is -0.0000000800. The van der Waals surface area contributed by atoms with Crippen LogP contribution in [-0.4, -0.2) is 19.6 Å². The van der Waals surface area contributed by atoms with Crippen LogP contribution in [-0.2, 0) is 9.68 Å². The van der Waals surface area contributed by atoms with Gasteiger partial charge >= 0.3 is 35.5 Å². The summed E-state index contributed by atoms with van der Waals surface area (Å²) >= 11 is 0. The van der Waals surface area contributed by atoms with Crippen LogP contribution in [0, 0.1) is 0 Å². The maximum Gasteiger partial charge on any atom is 1.00 e. The first-order chi connectivity index (χ1) is 2.27. The molecule has 0 radical (unpaired) electrons. The van der Waals surface area contributed by atoms with E-state index in [9.17, 15) is 4.79 Å². The molecule has 0 heterocycles. The summed E-state index contributed by atoms with van der Waals surface area (Å²) in [5.74, 6) is -0.690. The molecule has 3 nitrogen and oxygen atoms in total. The van der Waals surface area contributed by atoms with Crippen molar-refractivity contribution in [1.82, 2.24) is 0 Å². The second kappa shape index (κ2) is 9.71. The van der Waals surface area contributed by atoms with Crippen LogP contribution in [0.1, 0.15) is 6.92 Å². The fraction of sp³-hybridized carbons (Fsp3) is 0.500. The van der Waals surface area contributed by atoms with Crippen molar-refractivity contribution in [1.29, 1.82) is 0 Å². The van der Waals surface area contributed by atoms with Crippen molar-refractivity contribution < 1.29 is 44.5 Å². The molecule has 0 unspecified atom stereocenters. The molecule has 38 valence electrons. The van der Waals surface area contributed by atoms with Crippen LogP contribution in [0.15, 0.2) is 0 Å². The minimum absolute atomic E-state index is 0. The van der Waals surface area contributed by atoms with Crippen molar-refractivity contribution in [2.45, 2.75) is 6.92 Å². The number of hydrogen-bond acceptors (Lipinski definition) is 3. The first-order valence-corrected chi connectivity index (χ1v) is 1.09. The van der Waals surface area contributed by atoms with Gasteiger partial charge in [-0.25, -0.2) is 4.79 Å². The van der Waals surface area contributed by atoms with Gasteiger partial charge in [-0.15, -0.1) is 0 Å². The molecule has 0 saturated heterocycles. The monoisotopic (exact) mass is 114 g/mol. The van der Waals surface area contributed by atoms with E-state index in [4.69, 9.17) is 5.26 Å².